The smallest absolute Gasteiger partial charge is 0.165 e. The van der Waals surface area contributed by atoms with Gasteiger partial charge in [-0.25, -0.2) is 15.0 Å². The minimum atomic E-state index is 0.594. The number of hydrogen-bond acceptors (Lipinski definition) is 5. The predicted octanol–water partition coefficient (Wildman–Crippen LogP) is 12.5. The predicted molar refractivity (Wildman–Crippen MR) is 207 cm³/mol. The van der Waals surface area contributed by atoms with E-state index in [0.29, 0.717) is 17.5 Å². The van der Waals surface area contributed by atoms with Crippen LogP contribution in [-0.4, -0.2) is 15.0 Å². The van der Waals surface area contributed by atoms with Crippen molar-refractivity contribution in [2.24, 2.45) is 0 Å². The van der Waals surface area contributed by atoms with E-state index in [1.807, 2.05) is 30.3 Å². The third-order valence-electron chi connectivity index (χ3n) is 9.37. The molecule has 0 bridgehead atoms. The molecule has 234 valence electrons. The molecule has 0 radical (unpaired) electrons. The van der Waals surface area contributed by atoms with Crippen LogP contribution in [0.3, 0.4) is 0 Å². The Hall–Kier alpha value is -6.43. The lowest BCUT2D eigenvalue weighted by molar-refractivity contribution is 0.669. The van der Waals surface area contributed by atoms with Gasteiger partial charge in [0.25, 0.3) is 0 Å². The zero-order chi connectivity index (χ0) is 33.0. The molecule has 10 rings (SSSR count). The maximum Gasteiger partial charge on any atom is 0.165 e. The van der Waals surface area contributed by atoms with Gasteiger partial charge in [0.15, 0.2) is 17.5 Å². The Labute approximate surface area is 292 Å². The number of fused-ring (bicyclic) bond motifs is 6. The average Bonchev–Trinajstić information content (AvgIpc) is 3.76. The number of thiophene rings is 1. The molecule has 7 aromatic carbocycles. The third-order valence-corrected chi connectivity index (χ3v) is 10.6. The third kappa shape index (κ3) is 4.79. The van der Waals surface area contributed by atoms with Gasteiger partial charge in [-0.2, -0.15) is 0 Å². The number of aromatic nitrogens is 3. The Kier molecular flexibility index (Phi) is 6.64. The highest BCUT2D eigenvalue weighted by Gasteiger charge is 2.20. The molecule has 50 heavy (non-hydrogen) atoms. The van der Waals surface area contributed by atoms with Crippen molar-refractivity contribution in [3.8, 4) is 56.4 Å². The van der Waals surface area contributed by atoms with Crippen LogP contribution < -0.4 is 0 Å². The summed E-state index contributed by atoms with van der Waals surface area (Å²) in [5.74, 6) is 1.85. The highest BCUT2D eigenvalue weighted by Crippen LogP contribution is 2.41. The Bertz CT molecular complexity index is 2870. The Morgan fingerprint density at radius 1 is 0.360 bits per heavy atom. The first-order valence-electron chi connectivity index (χ1n) is 16.6. The lowest BCUT2D eigenvalue weighted by Gasteiger charge is -2.14. The molecule has 3 heterocycles. The van der Waals surface area contributed by atoms with Crippen molar-refractivity contribution in [3.63, 3.8) is 0 Å². The van der Waals surface area contributed by atoms with Crippen LogP contribution in [0.5, 0.6) is 0 Å². The molecule has 5 heteroatoms. The van der Waals surface area contributed by atoms with E-state index >= 15 is 0 Å². The van der Waals surface area contributed by atoms with Gasteiger partial charge >= 0.3 is 0 Å². The largest absolute Gasteiger partial charge is 0.456 e. The number of furan rings is 1. The molecule has 0 saturated heterocycles. The van der Waals surface area contributed by atoms with Crippen LogP contribution >= 0.6 is 11.3 Å². The average molecular weight is 658 g/mol. The van der Waals surface area contributed by atoms with Gasteiger partial charge in [-0.05, 0) is 64.7 Å². The summed E-state index contributed by atoms with van der Waals surface area (Å²) in [6, 6.07) is 56.8. The SMILES string of the molecule is c1ccc(-c2ccc(-c3nc(-c4ccc5c(c4)oc4ccccc45)nc(-c4cccc5c4sc4ccccc45)n3)c(-c3ccccc3)c2)cc1. The molecule has 0 aliphatic carbocycles. The lowest BCUT2D eigenvalue weighted by atomic mass is 9.94. The molecule has 0 saturated carbocycles. The summed E-state index contributed by atoms with van der Waals surface area (Å²) in [6.07, 6.45) is 0. The summed E-state index contributed by atoms with van der Waals surface area (Å²) in [5, 5.41) is 4.60. The van der Waals surface area contributed by atoms with E-state index in [-0.39, 0.29) is 0 Å². The standard InChI is InChI=1S/C45H27N3OS/c1-3-12-28(13-4-1)30-22-25-36(38(26-30)29-14-5-2-6-15-29)44-46-43(31-23-24-33-32-16-7-9-20-39(32)49-40(33)27-31)47-45(48-44)37-19-11-18-35-34-17-8-10-21-41(34)50-42(35)37/h1-27H. The van der Waals surface area contributed by atoms with E-state index in [2.05, 4.69) is 133 Å². The van der Waals surface area contributed by atoms with E-state index in [9.17, 15) is 0 Å². The molecule has 0 amide bonds. The van der Waals surface area contributed by atoms with Crippen LogP contribution in [0.15, 0.2) is 168 Å². The highest BCUT2D eigenvalue weighted by atomic mass is 32.1. The lowest BCUT2D eigenvalue weighted by Crippen LogP contribution is -2.01. The molecule has 10 aromatic rings. The van der Waals surface area contributed by atoms with Crippen LogP contribution in [0, 0.1) is 0 Å². The number of benzene rings is 7. The maximum absolute atomic E-state index is 6.30. The van der Waals surface area contributed by atoms with Crippen LogP contribution in [-0.2, 0) is 0 Å². The van der Waals surface area contributed by atoms with Crippen LogP contribution in [0.1, 0.15) is 0 Å². The van der Waals surface area contributed by atoms with E-state index in [1.165, 1.54) is 15.5 Å². The summed E-state index contributed by atoms with van der Waals surface area (Å²) >= 11 is 1.77. The quantitative estimate of drug-likeness (QED) is 0.185. The fourth-order valence-electron chi connectivity index (χ4n) is 6.94. The van der Waals surface area contributed by atoms with Crippen molar-refractivity contribution < 1.29 is 4.42 Å². The molecule has 4 nitrogen and oxygen atoms in total. The van der Waals surface area contributed by atoms with Crippen molar-refractivity contribution in [2.75, 3.05) is 0 Å². The molecule has 0 aliphatic heterocycles. The number of nitrogens with zero attached hydrogens (tertiary/aromatic N) is 3. The highest BCUT2D eigenvalue weighted by molar-refractivity contribution is 7.26. The molecular formula is C45H27N3OS. The molecule has 0 fully saturated rings. The maximum atomic E-state index is 6.30. The minimum Gasteiger partial charge on any atom is -0.456 e. The van der Waals surface area contributed by atoms with Gasteiger partial charge in [0.1, 0.15) is 11.2 Å². The second-order valence-corrected chi connectivity index (χ2v) is 13.4. The summed E-state index contributed by atoms with van der Waals surface area (Å²) in [5.41, 5.74) is 8.90. The van der Waals surface area contributed by atoms with E-state index in [1.54, 1.807) is 11.3 Å². The van der Waals surface area contributed by atoms with Gasteiger partial charge < -0.3 is 4.42 Å². The first kappa shape index (κ1) is 28.6. The molecule has 0 N–H and O–H groups in total. The van der Waals surface area contributed by atoms with E-state index in [0.717, 1.165) is 65.6 Å². The van der Waals surface area contributed by atoms with Gasteiger partial charge in [-0.15, -0.1) is 11.3 Å². The second kappa shape index (κ2) is 11.6. The Balaban J connectivity index is 1.23. The van der Waals surface area contributed by atoms with Crippen molar-refractivity contribution >= 4 is 53.4 Å². The van der Waals surface area contributed by atoms with Gasteiger partial charge in [0.05, 0.1) is 0 Å². The zero-order valence-electron chi connectivity index (χ0n) is 26.7. The Morgan fingerprint density at radius 2 is 1.00 bits per heavy atom. The van der Waals surface area contributed by atoms with Crippen LogP contribution in [0.4, 0.5) is 0 Å². The van der Waals surface area contributed by atoms with Crippen LogP contribution in [0.2, 0.25) is 0 Å². The van der Waals surface area contributed by atoms with Gasteiger partial charge in [-0.3, -0.25) is 0 Å². The van der Waals surface area contributed by atoms with Gasteiger partial charge in [0.2, 0.25) is 0 Å². The molecule has 0 aliphatic rings. The minimum absolute atomic E-state index is 0.594. The number of para-hydroxylation sites is 1. The van der Waals surface area contributed by atoms with Crippen LogP contribution in [0.25, 0.3) is 98.5 Å². The van der Waals surface area contributed by atoms with Crippen molar-refractivity contribution in [1.29, 1.82) is 0 Å². The molecule has 0 unspecified atom stereocenters. The van der Waals surface area contributed by atoms with E-state index < -0.39 is 0 Å². The van der Waals surface area contributed by atoms with Gasteiger partial charge in [0, 0.05) is 47.6 Å². The number of hydrogen-bond donors (Lipinski definition) is 0. The topological polar surface area (TPSA) is 51.8 Å². The van der Waals surface area contributed by atoms with Crippen molar-refractivity contribution in [2.45, 2.75) is 0 Å². The fraction of sp³-hybridized carbons (Fsp3) is 0. The fourth-order valence-corrected chi connectivity index (χ4v) is 8.15. The molecular weight excluding hydrogens is 631 g/mol. The first-order chi connectivity index (χ1) is 24.8. The Morgan fingerprint density at radius 3 is 1.84 bits per heavy atom. The summed E-state index contributed by atoms with van der Waals surface area (Å²) < 4.78 is 8.70. The molecule has 0 atom stereocenters. The van der Waals surface area contributed by atoms with Gasteiger partial charge in [-0.1, -0.05) is 121 Å². The first-order valence-corrected chi connectivity index (χ1v) is 17.4. The van der Waals surface area contributed by atoms with Crippen molar-refractivity contribution in [3.05, 3.63) is 164 Å². The second-order valence-electron chi connectivity index (χ2n) is 12.4. The summed E-state index contributed by atoms with van der Waals surface area (Å²) in [7, 11) is 0. The normalized spacial score (nSPS) is 11.6. The molecule has 3 aromatic heterocycles. The van der Waals surface area contributed by atoms with E-state index in [4.69, 9.17) is 19.4 Å². The summed E-state index contributed by atoms with van der Waals surface area (Å²) in [6.45, 7) is 0. The van der Waals surface area contributed by atoms with Crippen molar-refractivity contribution in [1.82, 2.24) is 15.0 Å². The summed E-state index contributed by atoms with van der Waals surface area (Å²) in [4.78, 5) is 15.7. The zero-order valence-corrected chi connectivity index (χ0v) is 27.6. The number of rotatable bonds is 5. The monoisotopic (exact) mass is 657 g/mol. The molecule has 0 spiro atoms.